The average Bonchev–Trinajstić information content (AvgIpc) is 1.80. The fourth-order valence-electron chi connectivity index (χ4n) is 0.136. The van der Waals surface area contributed by atoms with Crippen LogP contribution in [-0.2, 0) is 0 Å². The summed E-state index contributed by atoms with van der Waals surface area (Å²) in [6.07, 6.45) is 0. The smallest absolute Gasteiger partial charge is 0.0624 e. The summed E-state index contributed by atoms with van der Waals surface area (Å²) in [6, 6.07) is 0. The third-order valence-corrected chi connectivity index (χ3v) is 0.410. The molecular weight excluding hydrogens is 96.0 g/mol. The second kappa shape index (κ2) is 3.55. The quantitative estimate of drug-likeness (QED) is 0.394. The molecular formula is C3H8N2O2. The van der Waals surface area contributed by atoms with Gasteiger partial charge in [-0.25, -0.2) is 0 Å². The highest BCUT2D eigenvalue weighted by Gasteiger charge is 1.87. The second-order valence-corrected chi connectivity index (χ2v) is 0.928. The van der Waals surface area contributed by atoms with Crippen molar-refractivity contribution in [2.45, 2.75) is 0 Å². The number of nitroso groups, excluding NO2 is 1. The van der Waals surface area contributed by atoms with Crippen molar-refractivity contribution in [3.63, 3.8) is 0 Å². The summed E-state index contributed by atoms with van der Waals surface area (Å²) in [5.74, 6) is 0. The molecule has 0 aromatic carbocycles. The monoisotopic (exact) mass is 107 g/mol. The number of nitrogens with zero attached hydrogens (tertiary/aromatic N) is 2. The van der Waals surface area contributed by atoms with Crippen molar-refractivity contribution in [3.8, 4) is 0 Å². The van der Waals surface area contributed by atoms with Gasteiger partial charge in [-0.3, -0.25) is 5.01 Å². The van der Waals surface area contributed by atoms with Crippen LogP contribution in [0.15, 0.2) is 5.29 Å². The minimum absolute atomic E-state index is 0.264. The average molecular weight is 107 g/mol. The molecule has 0 aliphatic rings. The van der Waals surface area contributed by atoms with E-state index in [0.717, 1.165) is 0 Å². The van der Waals surface area contributed by atoms with Gasteiger partial charge in [0.1, 0.15) is 0 Å². The van der Waals surface area contributed by atoms with Gasteiger partial charge in [-0.05, 0) is 0 Å². The van der Waals surface area contributed by atoms with Crippen molar-refractivity contribution in [1.29, 1.82) is 0 Å². The molecule has 4 heteroatoms. The van der Waals surface area contributed by atoms with E-state index in [9.17, 15) is 4.91 Å². The Labute approximate surface area is 45.9 Å². The number of aliphatic hydroxyl groups is 1. The van der Waals surface area contributed by atoms with Crippen molar-refractivity contribution >= 4 is 0 Å². The van der Waals surface area contributed by atoms with Crippen molar-refractivity contribution in [1.82, 2.24) is 5.01 Å². The Morgan fingerprint density at radius 3 is 3.00 bits per heavy atom. The van der Waals surface area contributed by atoms with E-state index in [4.69, 9.17) is 9.22 Å². The molecule has 0 aromatic rings. The summed E-state index contributed by atoms with van der Waals surface area (Å²) in [4.78, 5) is 9.75. The van der Waals surface area contributed by atoms with Gasteiger partial charge < -0.3 is 5.11 Å². The Hall–Kier alpha value is -0.640. The van der Waals surface area contributed by atoms with Gasteiger partial charge in [-0.2, -0.15) is 0 Å². The summed E-state index contributed by atoms with van der Waals surface area (Å²) in [7, 11) is 0. The topological polar surface area (TPSA) is 52.9 Å². The standard InChI is InChI=1S/C3H8N2O2/c1-5(4-7)2-3-6/h6H,2-3H2,1H3/i1D3. The largest absolute Gasteiger partial charge is 0.394 e. The van der Waals surface area contributed by atoms with Gasteiger partial charge in [0.25, 0.3) is 0 Å². The molecule has 0 radical (unpaired) electrons. The van der Waals surface area contributed by atoms with Crippen LogP contribution in [0.25, 0.3) is 0 Å². The van der Waals surface area contributed by atoms with Crippen molar-refractivity contribution < 1.29 is 9.22 Å². The summed E-state index contributed by atoms with van der Waals surface area (Å²) >= 11 is 0. The third-order valence-electron chi connectivity index (χ3n) is 0.410. The lowest BCUT2D eigenvalue weighted by atomic mass is 10.7. The normalized spacial score (nSPS) is 16.4. The van der Waals surface area contributed by atoms with Crippen LogP contribution in [0.4, 0.5) is 0 Å². The molecule has 42 valence electrons. The lowest BCUT2D eigenvalue weighted by Gasteiger charge is -2.02. The van der Waals surface area contributed by atoms with Gasteiger partial charge in [0, 0.05) is 11.1 Å². The molecule has 4 nitrogen and oxygen atoms in total. The number of rotatable bonds is 3. The Balaban J connectivity index is 3.93. The van der Waals surface area contributed by atoms with Crippen LogP contribution in [0, 0.1) is 4.91 Å². The zero-order valence-corrected chi connectivity index (χ0v) is 3.66. The van der Waals surface area contributed by atoms with Gasteiger partial charge in [0.2, 0.25) is 0 Å². The minimum atomic E-state index is -2.54. The Kier molecular flexibility index (Phi) is 1.32. The molecule has 0 atom stereocenters. The van der Waals surface area contributed by atoms with Crippen molar-refractivity contribution in [2.75, 3.05) is 20.1 Å². The van der Waals surface area contributed by atoms with E-state index in [2.05, 4.69) is 5.29 Å². The van der Waals surface area contributed by atoms with E-state index < -0.39 is 13.6 Å². The molecule has 0 aromatic heterocycles. The number of aliphatic hydroxyl groups excluding tert-OH is 1. The summed E-state index contributed by atoms with van der Waals surface area (Å²) in [6.45, 7) is -3.20. The molecule has 0 heterocycles. The molecule has 0 aliphatic carbocycles. The second-order valence-electron chi connectivity index (χ2n) is 0.928. The molecule has 0 fully saturated rings. The number of hydrogen-bond acceptors (Lipinski definition) is 3. The maximum Gasteiger partial charge on any atom is 0.0624 e. The molecule has 0 saturated carbocycles. The van der Waals surface area contributed by atoms with E-state index in [1.165, 1.54) is 0 Å². The van der Waals surface area contributed by atoms with Crippen LogP contribution in [0.1, 0.15) is 4.11 Å². The van der Waals surface area contributed by atoms with Gasteiger partial charge in [0.15, 0.2) is 0 Å². The van der Waals surface area contributed by atoms with Crippen molar-refractivity contribution in [2.24, 2.45) is 5.29 Å². The maximum absolute atomic E-state index is 9.75. The van der Waals surface area contributed by atoms with Gasteiger partial charge in [-0.15, -0.1) is 4.91 Å². The van der Waals surface area contributed by atoms with Crippen LogP contribution >= 0.6 is 0 Å². The first-order chi connectivity index (χ1) is 4.52. The molecule has 0 rings (SSSR count). The summed E-state index contributed by atoms with van der Waals surface area (Å²) < 4.78 is 19.9. The highest BCUT2D eigenvalue weighted by Crippen LogP contribution is 1.76. The lowest BCUT2D eigenvalue weighted by molar-refractivity contribution is 0.225. The maximum atomic E-state index is 9.75. The zero-order valence-electron chi connectivity index (χ0n) is 6.66. The lowest BCUT2D eigenvalue weighted by Crippen LogP contribution is -2.14. The van der Waals surface area contributed by atoms with Crippen LogP contribution in [-0.4, -0.2) is 30.2 Å². The predicted molar refractivity (Wildman–Crippen MR) is 25.5 cm³/mol. The van der Waals surface area contributed by atoms with Crippen LogP contribution in [0.5, 0.6) is 0 Å². The highest BCUT2D eigenvalue weighted by molar-refractivity contribution is 4.36. The molecule has 0 unspecified atom stereocenters. The molecule has 0 amide bonds. The molecule has 0 bridgehead atoms. The Morgan fingerprint density at radius 1 is 2.14 bits per heavy atom. The predicted octanol–water partition coefficient (Wildman–Crippen LogP) is -0.408. The third kappa shape index (κ3) is 3.18. The van der Waals surface area contributed by atoms with Crippen LogP contribution < -0.4 is 0 Å². The van der Waals surface area contributed by atoms with E-state index in [1.807, 2.05) is 0 Å². The summed E-state index contributed by atoms with van der Waals surface area (Å²) in [5.41, 5.74) is 0. The van der Waals surface area contributed by atoms with Crippen LogP contribution in [0.3, 0.4) is 0 Å². The van der Waals surface area contributed by atoms with E-state index in [1.54, 1.807) is 0 Å². The number of likely N-dealkylation sites (N-methyl/N-ethyl adjacent to an activating group) is 1. The summed E-state index contributed by atoms with van der Waals surface area (Å²) in [5, 5.41) is 10.8. The first kappa shape index (κ1) is 2.61. The first-order valence-electron chi connectivity index (χ1n) is 3.24. The molecule has 0 saturated heterocycles. The van der Waals surface area contributed by atoms with Gasteiger partial charge in [0.05, 0.1) is 18.4 Å². The minimum Gasteiger partial charge on any atom is -0.394 e. The zero-order chi connectivity index (χ0) is 8.20. The van der Waals surface area contributed by atoms with Crippen LogP contribution in [0.2, 0.25) is 0 Å². The molecule has 1 N–H and O–H groups in total. The van der Waals surface area contributed by atoms with Gasteiger partial charge >= 0.3 is 0 Å². The van der Waals surface area contributed by atoms with Gasteiger partial charge in [-0.1, -0.05) is 0 Å². The first-order valence-corrected chi connectivity index (χ1v) is 1.74. The Morgan fingerprint density at radius 2 is 2.86 bits per heavy atom. The highest BCUT2D eigenvalue weighted by atomic mass is 16.3. The molecule has 7 heavy (non-hydrogen) atoms. The van der Waals surface area contributed by atoms with E-state index in [0.29, 0.717) is 5.01 Å². The SMILES string of the molecule is [2H]C([2H])([2H])N(CCO)N=O. The fraction of sp³-hybridized carbons (Fsp3) is 1.00. The molecule has 0 spiro atoms. The van der Waals surface area contributed by atoms with Crippen molar-refractivity contribution in [3.05, 3.63) is 4.91 Å². The van der Waals surface area contributed by atoms with E-state index in [-0.39, 0.29) is 6.54 Å². The number of hydrogen-bond donors (Lipinski definition) is 1. The fourth-order valence-corrected chi connectivity index (χ4v) is 0.136. The Bertz CT molecular complexity index is 115. The molecule has 0 aliphatic heterocycles. The van der Waals surface area contributed by atoms with E-state index >= 15 is 0 Å².